The third-order valence-electron chi connectivity index (χ3n) is 3.38. The summed E-state index contributed by atoms with van der Waals surface area (Å²) in [5.74, 6) is -0.526. The highest BCUT2D eigenvalue weighted by atomic mass is 35.5. The van der Waals surface area contributed by atoms with Crippen molar-refractivity contribution in [3.8, 4) is 11.6 Å². The van der Waals surface area contributed by atoms with Gasteiger partial charge in [-0.3, -0.25) is 14.8 Å². The van der Waals surface area contributed by atoms with Crippen molar-refractivity contribution in [2.24, 2.45) is 4.99 Å². The fourth-order valence-corrected chi connectivity index (χ4v) is 2.52. The fraction of sp³-hybridized carbons (Fsp3) is 0. The Hall–Kier alpha value is -2.83. The van der Waals surface area contributed by atoms with E-state index >= 15 is 0 Å². The normalized spacial score (nSPS) is 11.1. The molecule has 8 heteroatoms. The molecule has 0 fully saturated rings. The number of aliphatic imine (C=N–C) groups is 1. The van der Waals surface area contributed by atoms with Crippen LogP contribution in [-0.4, -0.2) is 20.9 Å². The van der Waals surface area contributed by atoms with Crippen molar-refractivity contribution in [1.82, 2.24) is 9.55 Å². The molecule has 0 bridgehead atoms. The summed E-state index contributed by atoms with van der Waals surface area (Å²) in [5, 5.41) is 11.1. The number of nitrogens with one attached hydrogen (secondary N) is 1. The third kappa shape index (κ3) is 3.50. The van der Waals surface area contributed by atoms with Gasteiger partial charge in [-0.1, -0.05) is 41.4 Å². The molecule has 0 aliphatic heterocycles. The molecule has 1 aromatic heterocycles. The Bertz CT molecular complexity index is 1070. The molecule has 2 N–H and O–H groups in total. The van der Waals surface area contributed by atoms with Crippen molar-refractivity contribution in [3.63, 3.8) is 0 Å². The second kappa shape index (κ2) is 6.96. The van der Waals surface area contributed by atoms with E-state index in [-0.39, 0.29) is 5.56 Å². The molecule has 0 atom stereocenters. The van der Waals surface area contributed by atoms with E-state index in [1.54, 1.807) is 42.5 Å². The highest BCUT2D eigenvalue weighted by molar-refractivity contribution is 6.35. The number of benzene rings is 2. The lowest BCUT2D eigenvalue weighted by Crippen LogP contribution is -2.31. The Morgan fingerprint density at radius 3 is 2.52 bits per heavy atom. The lowest BCUT2D eigenvalue weighted by Gasteiger charge is -2.09. The molecule has 3 aromatic rings. The van der Waals surface area contributed by atoms with E-state index < -0.39 is 17.1 Å². The van der Waals surface area contributed by atoms with Gasteiger partial charge >= 0.3 is 5.69 Å². The Balaban J connectivity index is 2.14. The molecule has 0 saturated heterocycles. The smallest absolute Gasteiger partial charge is 0.335 e. The predicted molar refractivity (Wildman–Crippen MR) is 98.0 cm³/mol. The van der Waals surface area contributed by atoms with Crippen LogP contribution in [0.2, 0.25) is 10.0 Å². The zero-order chi connectivity index (χ0) is 18.0. The molecule has 25 heavy (non-hydrogen) atoms. The number of aromatic amines is 1. The molecule has 0 unspecified atom stereocenters. The van der Waals surface area contributed by atoms with Gasteiger partial charge < -0.3 is 5.11 Å². The maximum absolute atomic E-state index is 12.1. The van der Waals surface area contributed by atoms with Crippen molar-refractivity contribution < 1.29 is 5.11 Å². The first-order valence-corrected chi connectivity index (χ1v) is 7.86. The van der Waals surface area contributed by atoms with Gasteiger partial charge in [-0.15, -0.1) is 0 Å². The zero-order valence-electron chi connectivity index (χ0n) is 12.6. The van der Waals surface area contributed by atoms with Gasteiger partial charge in [0.25, 0.3) is 5.56 Å². The molecule has 0 spiro atoms. The minimum Gasteiger partial charge on any atom is -0.493 e. The van der Waals surface area contributed by atoms with E-state index in [4.69, 9.17) is 23.2 Å². The standard InChI is InChI=1S/C17H11Cl2N3O3/c18-10-6-7-13(19)14(8-10)20-9-12-15(23)21-17(25)22(16(12)24)11-4-2-1-3-5-11/h1-9,24H,(H,21,23,25). The summed E-state index contributed by atoms with van der Waals surface area (Å²) in [6.45, 7) is 0. The topological polar surface area (TPSA) is 87.5 Å². The van der Waals surface area contributed by atoms with E-state index in [9.17, 15) is 14.7 Å². The van der Waals surface area contributed by atoms with Crippen LogP contribution in [0.5, 0.6) is 5.88 Å². The molecule has 3 rings (SSSR count). The zero-order valence-corrected chi connectivity index (χ0v) is 14.1. The molecule has 0 saturated carbocycles. The maximum Gasteiger partial charge on any atom is 0.335 e. The summed E-state index contributed by atoms with van der Waals surface area (Å²) < 4.78 is 0.975. The second-order valence-corrected chi connectivity index (χ2v) is 5.87. The van der Waals surface area contributed by atoms with Gasteiger partial charge in [0.05, 0.1) is 16.4 Å². The monoisotopic (exact) mass is 375 g/mol. The summed E-state index contributed by atoms with van der Waals surface area (Å²) in [7, 11) is 0. The lowest BCUT2D eigenvalue weighted by atomic mass is 10.3. The Kier molecular flexibility index (Phi) is 4.74. The molecule has 6 nitrogen and oxygen atoms in total. The number of hydrogen-bond acceptors (Lipinski definition) is 4. The van der Waals surface area contributed by atoms with Gasteiger partial charge in [0.2, 0.25) is 5.88 Å². The molecule has 0 aliphatic carbocycles. The molecule has 126 valence electrons. The van der Waals surface area contributed by atoms with Crippen LogP contribution in [-0.2, 0) is 0 Å². The van der Waals surface area contributed by atoms with Crippen molar-refractivity contribution >= 4 is 35.1 Å². The van der Waals surface area contributed by atoms with Crippen molar-refractivity contribution in [1.29, 1.82) is 0 Å². The number of hydrogen-bond donors (Lipinski definition) is 2. The molecular formula is C17H11Cl2N3O3. The number of nitrogens with zero attached hydrogens (tertiary/aromatic N) is 2. The second-order valence-electron chi connectivity index (χ2n) is 5.02. The van der Waals surface area contributed by atoms with Crippen LogP contribution in [0, 0.1) is 0 Å². The van der Waals surface area contributed by atoms with Crippen LogP contribution < -0.4 is 11.2 Å². The maximum atomic E-state index is 12.1. The number of para-hydroxylation sites is 1. The van der Waals surface area contributed by atoms with E-state index in [0.29, 0.717) is 21.4 Å². The average molecular weight is 376 g/mol. The van der Waals surface area contributed by atoms with Crippen LogP contribution in [0.25, 0.3) is 5.69 Å². The van der Waals surface area contributed by atoms with Crippen LogP contribution in [0.4, 0.5) is 5.69 Å². The number of aromatic hydroxyl groups is 1. The van der Waals surface area contributed by atoms with Crippen molar-refractivity contribution in [2.45, 2.75) is 0 Å². The molecule has 0 radical (unpaired) electrons. The molecule has 1 heterocycles. The van der Waals surface area contributed by atoms with Gasteiger partial charge in [0.1, 0.15) is 5.56 Å². The van der Waals surface area contributed by atoms with Gasteiger partial charge in [0.15, 0.2) is 0 Å². The van der Waals surface area contributed by atoms with Crippen molar-refractivity contribution in [3.05, 3.63) is 85.0 Å². The van der Waals surface area contributed by atoms with Crippen molar-refractivity contribution in [2.75, 3.05) is 0 Å². The Morgan fingerprint density at radius 2 is 1.80 bits per heavy atom. The highest BCUT2D eigenvalue weighted by Gasteiger charge is 2.14. The SMILES string of the molecule is O=c1[nH]c(=O)n(-c2ccccc2)c(O)c1C=Nc1cc(Cl)ccc1Cl. The number of rotatable bonds is 3. The van der Waals surface area contributed by atoms with Gasteiger partial charge in [-0.25, -0.2) is 9.36 Å². The van der Waals surface area contributed by atoms with E-state index in [1.165, 1.54) is 6.07 Å². The minimum atomic E-state index is -0.767. The third-order valence-corrected chi connectivity index (χ3v) is 3.93. The fourth-order valence-electron chi connectivity index (χ4n) is 2.19. The summed E-state index contributed by atoms with van der Waals surface area (Å²) in [5.41, 5.74) is -0.982. The number of aromatic nitrogens is 2. The van der Waals surface area contributed by atoms with Gasteiger partial charge in [-0.2, -0.15) is 0 Å². The Labute approximate surface area is 151 Å². The van der Waals surface area contributed by atoms with E-state index in [1.807, 2.05) is 0 Å². The summed E-state index contributed by atoms with van der Waals surface area (Å²) in [6, 6.07) is 13.1. The van der Waals surface area contributed by atoms with Gasteiger partial charge in [0, 0.05) is 11.2 Å². The molecule has 2 aromatic carbocycles. The first-order chi connectivity index (χ1) is 12.0. The highest BCUT2D eigenvalue weighted by Crippen LogP contribution is 2.28. The van der Waals surface area contributed by atoms with E-state index in [2.05, 4.69) is 9.98 Å². The first kappa shape index (κ1) is 17.0. The summed E-state index contributed by atoms with van der Waals surface area (Å²) >= 11 is 11.9. The molecule has 0 aliphatic rings. The van der Waals surface area contributed by atoms with Crippen LogP contribution in [0.3, 0.4) is 0 Å². The quantitative estimate of drug-likeness (QED) is 0.688. The number of H-pyrrole nitrogens is 1. The largest absolute Gasteiger partial charge is 0.493 e. The van der Waals surface area contributed by atoms with E-state index in [0.717, 1.165) is 10.8 Å². The predicted octanol–water partition coefficient (Wildman–Crippen LogP) is 3.29. The summed E-state index contributed by atoms with van der Waals surface area (Å²) in [4.78, 5) is 30.3. The van der Waals surface area contributed by atoms with Gasteiger partial charge in [-0.05, 0) is 30.3 Å². The average Bonchev–Trinajstić information content (AvgIpc) is 2.58. The lowest BCUT2D eigenvalue weighted by molar-refractivity contribution is 0.430. The molecule has 0 amide bonds. The first-order valence-electron chi connectivity index (χ1n) is 7.10. The van der Waals surface area contributed by atoms with Crippen LogP contribution in [0.15, 0.2) is 63.1 Å². The van der Waals surface area contributed by atoms with Crippen LogP contribution >= 0.6 is 23.2 Å². The summed E-state index contributed by atoms with van der Waals surface area (Å²) in [6.07, 6.45) is 1.13. The molecular weight excluding hydrogens is 365 g/mol. The van der Waals surface area contributed by atoms with Crippen LogP contribution in [0.1, 0.15) is 5.56 Å². The Morgan fingerprint density at radius 1 is 1.08 bits per heavy atom. The minimum absolute atomic E-state index is 0.181. The number of halogens is 2.